The van der Waals surface area contributed by atoms with E-state index in [0.717, 1.165) is 6.42 Å². The molecule has 0 saturated heterocycles. The van der Waals surface area contributed by atoms with Crippen LogP contribution in [0.1, 0.15) is 13.3 Å². The molecule has 0 rings (SSSR count). The summed E-state index contributed by atoms with van der Waals surface area (Å²) in [7, 11) is 0. The van der Waals surface area contributed by atoms with E-state index in [2.05, 4.69) is 4.74 Å². The van der Waals surface area contributed by atoms with Crippen LogP contribution in [-0.2, 0) is 4.74 Å². The topological polar surface area (TPSA) is 52.3 Å². The first-order chi connectivity index (χ1) is 3.81. The summed E-state index contributed by atoms with van der Waals surface area (Å²) >= 11 is 0.604. The molecule has 3 nitrogen and oxygen atoms in total. The molecule has 0 heterocycles. The molecule has 48 valence electrons. The Morgan fingerprint density at radius 3 is 2.88 bits per heavy atom. The summed E-state index contributed by atoms with van der Waals surface area (Å²) in [5.74, 6) is 0. The van der Waals surface area contributed by atoms with Crippen molar-refractivity contribution in [1.82, 2.24) is 0 Å². The molecule has 8 heavy (non-hydrogen) atoms. The Labute approximate surface area is 52.7 Å². The first-order valence-corrected chi connectivity index (χ1v) is 3.22. The van der Waals surface area contributed by atoms with Gasteiger partial charge < -0.3 is 4.74 Å². The van der Waals surface area contributed by atoms with Crippen LogP contribution in [0.4, 0.5) is 4.79 Å². The molecule has 2 N–H and O–H groups in total. The Balaban J connectivity index is 2.99. The van der Waals surface area contributed by atoms with Crippen LogP contribution in [0.5, 0.6) is 0 Å². The zero-order chi connectivity index (χ0) is 6.41. The predicted octanol–water partition coefficient (Wildman–Crippen LogP) is 1.14. The van der Waals surface area contributed by atoms with Crippen molar-refractivity contribution in [3.05, 3.63) is 0 Å². The highest BCUT2D eigenvalue weighted by molar-refractivity contribution is 8.11. The van der Waals surface area contributed by atoms with Gasteiger partial charge >= 0.3 is 5.30 Å². The van der Waals surface area contributed by atoms with Crippen LogP contribution in [0.15, 0.2) is 0 Å². The standard InChI is InChI=1S/C4H9NO2S/c1-2-3-7-4(6)8-5/h2-3,5H2,1H3. The van der Waals surface area contributed by atoms with Crippen LogP contribution in [0.3, 0.4) is 0 Å². The maximum absolute atomic E-state index is 10.2. The monoisotopic (exact) mass is 135 g/mol. The molecule has 0 radical (unpaired) electrons. The number of hydrogen-bond donors (Lipinski definition) is 1. The predicted molar refractivity (Wildman–Crippen MR) is 33.4 cm³/mol. The Bertz CT molecular complexity index is 76.4. The summed E-state index contributed by atoms with van der Waals surface area (Å²) in [6, 6.07) is 0. The molecule has 0 unspecified atom stereocenters. The van der Waals surface area contributed by atoms with Gasteiger partial charge in [0.2, 0.25) is 0 Å². The Morgan fingerprint density at radius 1 is 1.88 bits per heavy atom. The summed E-state index contributed by atoms with van der Waals surface area (Å²) in [5, 5.41) is 4.44. The quantitative estimate of drug-likeness (QED) is 0.455. The van der Waals surface area contributed by atoms with E-state index in [9.17, 15) is 4.79 Å². The van der Waals surface area contributed by atoms with Crippen molar-refractivity contribution in [2.75, 3.05) is 6.61 Å². The van der Waals surface area contributed by atoms with Gasteiger partial charge in [-0.2, -0.15) is 0 Å². The van der Waals surface area contributed by atoms with Gasteiger partial charge in [0.05, 0.1) is 6.61 Å². The van der Waals surface area contributed by atoms with E-state index in [1.165, 1.54) is 0 Å². The van der Waals surface area contributed by atoms with Gasteiger partial charge in [-0.1, -0.05) is 6.92 Å². The SMILES string of the molecule is CCCOC(=O)SN. The minimum Gasteiger partial charge on any atom is -0.457 e. The fourth-order valence-corrected chi connectivity index (χ4v) is 0.371. The van der Waals surface area contributed by atoms with E-state index in [-0.39, 0.29) is 0 Å². The lowest BCUT2D eigenvalue weighted by Crippen LogP contribution is -2.00. The van der Waals surface area contributed by atoms with Gasteiger partial charge in [-0.15, -0.1) is 0 Å². The zero-order valence-corrected chi connectivity index (χ0v) is 5.53. The first kappa shape index (κ1) is 7.78. The van der Waals surface area contributed by atoms with E-state index in [4.69, 9.17) is 5.14 Å². The smallest absolute Gasteiger partial charge is 0.382 e. The van der Waals surface area contributed by atoms with Crippen molar-refractivity contribution >= 4 is 17.2 Å². The van der Waals surface area contributed by atoms with Crippen molar-refractivity contribution in [2.24, 2.45) is 5.14 Å². The molecule has 4 heteroatoms. The van der Waals surface area contributed by atoms with Crippen LogP contribution in [-0.4, -0.2) is 11.9 Å². The van der Waals surface area contributed by atoms with Crippen molar-refractivity contribution in [3.8, 4) is 0 Å². The van der Waals surface area contributed by atoms with E-state index in [0.29, 0.717) is 18.6 Å². The number of carbonyl (C=O) groups is 1. The lowest BCUT2D eigenvalue weighted by Gasteiger charge is -1.95. The second-order valence-corrected chi connectivity index (χ2v) is 1.79. The average molecular weight is 135 g/mol. The third-order valence-electron chi connectivity index (χ3n) is 0.520. The Morgan fingerprint density at radius 2 is 2.50 bits per heavy atom. The van der Waals surface area contributed by atoms with E-state index < -0.39 is 5.30 Å². The molecule has 0 amide bonds. The molecule has 0 aliphatic rings. The highest BCUT2D eigenvalue weighted by Crippen LogP contribution is 1.94. The molecule has 0 aliphatic carbocycles. The van der Waals surface area contributed by atoms with Crippen LogP contribution in [0.25, 0.3) is 0 Å². The average Bonchev–Trinajstić information content (AvgIpc) is 1.83. The summed E-state index contributed by atoms with van der Waals surface area (Å²) in [6.07, 6.45) is 0.840. The molecule has 0 spiro atoms. The van der Waals surface area contributed by atoms with Gasteiger partial charge in [-0.25, -0.2) is 4.79 Å². The zero-order valence-electron chi connectivity index (χ0n) is 4.72. The van der Waals surface area contributed by atoms with Gasteiger partial charge in [0.15, 0.2) is 0 Å². The normalized spacial score (nSPS) is 8.75. The van der Waals surface area contributed by atoms with Crippen LogP contribution in [0, 0.1) is 0 Å². The third kappa shape index (κ3) is 3.95. The van der Waals surface area contributed by atoms with Crippen molar-refractivity contribution < 1.29 is 9.53 Å². The van der Waals surface area contributed by atoms with Gasteiger partial charge in [0, 0.05) is 11.9 Å². The first-order valence-electron chi connectivity index (χ1n) is 2.34. The molecule has 0 aromatic carbocycles. The van der Waals surface area contributed by atoms with Crippen LogP contribution in [0.2, 0.25) is 0 Å². The summed E-state index contributed by atoms with van der Waals surface area (Å²) < 4.78 is 4.54. The second-order valence-electron chi connectivity index (χ2n) is 1.22. The van der Waals surface area contributed by atoms with E-state index >= 15 is 0 Å². The minimum absolute atomic E-state index is 0.410. The number of rotatable bonds is 2. The van der Waals surface area contributed by atoms with E-state index in [1.54, 1.807) is 0 Å². The minimum atomic E-state index is -0.410. The van der Waals surface area contributed by atoms with Crippen LogP contribution < -0.4 is 5.14 Å². The van der Waals surface area contributed by atoms with Crippen LogP contribution >= 0.6 is 11.9 Å². The lowest BCUT2D eigenvalue weighted by molar-refractivity contribution is 0.175. The number of carbonyl (C=O) groups excluding carboxylic acids is 1. The van der Waals surface area contributed by atoms with Gasteiger partial charge in [0.1, 0.15) is 0 Å². The third-order valence-corrected chi connectivity index (χ3v) is 0.831. The number of nitrogens with two attached hydrogens (primary N) is 1. The molecule has 0 atom stereocenters. The highest BCUT2D eigenvalue weighted by Gasteiger charge is 1.95. The van der Waals surface area contributed by atoms with Crippen molar-refractivity contribution in [1.29, 1.82) is 0 Å². The largest absolute Gasteiger partial charge is 0.457 e. The fraction of sp³-hybridized carbons (Fsp3) is 0.750. The molecule has 0 bridgehead atoms. The Hall–Kier alpha value is -0.220. The summed E-state index contributed by atoms with van der Waals surface area (Å²) in [6.45, 7) is 2.39. The molecular formula is C4H9NO2S. The fourth-order valence-electron chi connectivity index (χ4n) is 0.219. The molecular weight excluding hydrogens is 126 g/mol. The van der Waals surface area contributed by atoms with Gasteiger partial charge in [-0.05, 0) is 6.42 Å². The second kappa shape index (κ2) is 4.93. The molecule has 0 aromatic rings. The van der Waals surface area contributed by atoms with E-state index in [1.807, 2.05) is 6.92 Å². The maximum Gasteiger partial charge on any atom is 0.382 e. The maximum atomic E-state index is 10.2. The molecule has 0 aromatic heterocycles. The lowest BCUT2D eigenvalue weighted by atomic mass is 10.5. The van der Waals surface area contributed by atoms with Gasteiger partial charge in [-0.3, -0.25) is 5.14 Å². The summed E-state index contributed by atoms with van der Waals surface area (Å²) in [4.78, 5) is 10.2. The number of ether oxygens (including phenoxy) is 1. The Kier molecular flexibility index (Phi) is 4.79. The number of hydrogen-bond acceptors (Lipinski definition) is 4. The van der Waals surface area contributed by atoms with Crippen molar-refractivity contribution in [2.45, 2.75) is 13.3 Å². The van der Waals surface area contributed by atoms with Gasteiger partial charge in [0.25, 0.3) is 0 Å². The van der Waals surface area contributed by atoms with Crippen molar-refractivity contribution in [3.63, 3.8) is 0 Å². The molecule has 0 saturated carbocycles. The summed E-state index contributed by atoms with van der Waals surface area (Å²) in [5.41, 5.74) is 0. The highest BCUT2D eigenvalue weighted by atomic mass is 32.2. The molecule has 0 aliphatic heterocycles. The molecule has 0 fully saturated rings.